The summed E-state index contributed by atoms with van der Waals surface area (Å²) >= 11 is 0. The van der Waals surface area contributed by atoms with Crippen molar-refractivity contribution in [2.75, 3.05) is 6.54 Å². The van der Waals surface area contributed by atoms with Crippen LogP contribution in [0.25, 0.3) is 0 Å². The highest BCUT2D eigenvalue weighted by Gasteiger charge is 2.39. The first kappa shape index (κ1) is 9.89. The molecule has 0 aromatic heterocycles. The lowest BCUT2D eigenvalue weighted by Crippen LogP contribution is -2.37. The predicted octanol–water partition coefficient (Wildman–Crippen LogP) is 3.12. The second kappa shape index (κ2) is 4.29. The van der Waals surface area contributed by atoms with Crippen LogP contribution in [0.15, 0.2) is 12.2 Å². The van der Waals surface area contributed by atoms with Crippen LogP contribution >= 0.6 is 0 Å². The number of rotatable bonds is 3. The molecule has 0 aromatic rings. The third kappa shape index (κ3) is 2.13. The zero-order chi connectivity index (χ0) is 10.1. The highest BCUT2D eigenvalue weighted by Crippen LogP contribution is 2.44. The van der Waals surface area contributed by atoms with Crippen LogP contribution in [0.4, 0.5) is 0 Å². The fourth-order valence-corrected chi connectivity index (χ4v) is 3.85. The van der Waals surface area contributed by atoms with Gasteiger partial charge in [0, 0.05) is 6.04 Å². The van der Waals surface area contributed by atoms with Gasteiger partial charge in [-0.05, 0) is 62.8 Å². The normalized spacial score (nSPS) is 43.7. The number of allylic oxidation sites excluding steroid dienone is 2. The molecule has 0 aromatic carbocycles. The van der Waals surface area contributed by atoms with E-state index in [1.807, 2.05) is 0 Å². The Balaban J connectivity index is 1.44. The quantitative estimate of drug-likeness (QED) is 0.698. The van der Waals surface area contributed by atoms with Crippen molar-refractivity contribution < 1.29 is 0 Å². The average Bonchev–Trinajstić information content (AvgIpc) is 2.89. The molecule has 0 radical (unpaired) electrons. The Morgan fingerprint density at radius 1 is 1.07 bits per heavy atom. The van der Waals surface area contributed by atoms with E-state index >= 15 is 0 Å². The van der Waals surface area contributed by atoms with Crippen molar-refractivity contribution in [2.24, 2.45) is 17.8 Å². The smallest absolute Gasteiger partial charge is 0.00981 e. The number of fused-ring (bicyclic) bond motifs is 2. The molecule has 4 atom stereocenters. The summed E-state index contributed by atoms with van der Waals surface area (Å²) in [7, 11) is 0. The zero-order valence-electron chi connectivity index (χ0n) is 9.62. The molecule has 2 saturated carbocycles. The predicted molar refractivity (Wildman–Crippen MR) is 63.7 cm³/mol. The Bertz CT molecular complexity index is 246. The van der Waals surface area contributed by atoms with Gasteiger partial charge < -0.3 is 5.32 Å². The fraction of sp³-hybridized carbons (Fsp3) is 0.857. The van der Waals surface area contributed by atoms with Gasteiger partial charge in [-0.1, -0.05) is 18.6 Å². The Morgan fingerprint density at radius 3 is 2.73 bits per heavy atom. The van der Waals surface area contributed by atoms with Gasteiger partial charge in [-0.3, -0.25) is 0 Å². The molecule has 3 aliphatic carbocycles. The van der Waals surface area contributed by atoms with E-state index < -0.39 is 0 Å². The van der Waals surface area contributed by atoms with Crippen molar-refractivity contribution in [3.8, 4) is 0 Å². The highest BCUT2D eigenvalue weighted by atomic mass is 14.9. The molecule has 1 nitrogen and oxygen atoms in total. The van der Waals surface area contributed by atoms with Gasteiger partial charge in [0.25, 0.3) is 0 Å². The maximum Gasteiger partial charge on any atom is 0.00981 e. The summed E-state index contributed by atoms with van der Waals surface area (Å²) in [5.41, 5.74) is 0. The number of nitrogens with one attached hydrogen (secondary N) is 1. The first-order valence-electron chi connectivity index (χ1n) is 6.80. The van der Waals surface area contributed by atoms with E-state index in [0.717, 1.165) is 23.8 Å². The summed E-state index contributed by atoms with van der Waals surface area (Å²) in [5.74, 6) is 3.04. The Hall–Kier alpha value is -0.300. The van der Waals surface area contributed by atoms with Gasteiger partial charge in [0.1, 0.15) is 0 Å². The van der Waals surface area contributed by atoms with Gasteiger partial charge in [0.15, 0.2) is 0 Å². The van der Waals surface area contributed by atoms with E-state index in [-0.39, 0.29) is 0 Å². The van der Waals surface area contributed by atoms with Gasteiger partial charge in [-0.2, -0.15) is 0 Å². The van der Waals surface area contributed by atoms with Gasteiger partial charge >= 0.3 is 0 Å². The molecule has 15 heavy (non-hydrogen) atoms. The summed E-state index contributed by atoms with van der Waals surface area (Å²) in [5, 5.41) is 3.85. The van der Waals surface area contributed by atoms with Gasteiger partial charge in [-0.25, -0.2) is 0 Å². The molecule has 2 bridgehead atoms. The van der Waals surface area contributed by atoms with E-state index in [1.54, 1.807) is 0 Å². The molecule has 4 unspecified atom stereocenters. The largest absolute Gasteiger partial charge is 0.313 e. The lowest BCUT2D eigenvalue weighted by atomic mass is 9.92. The molecule has 0 aliphatic heterocycles. The minimum atomic E-state index is 0.884. The van der Waals surface area contributed by atoms with E-state index in [2.05, 4.69) is 17.5 Å². The van der Waals surface area contributed by atoms with Crippen molar-refractivity contribution in [1.29, 1.82) is 0 Å². The Kier molecular flexibility index (Phi) is 2.83. The summed E-state index contributed by atoms with van der Waals surface area (Å²) < 4.78 is 0. The minimum absolute atomic E-state index is 0.884. The maximum absolute atomic E-state index is 3.85. The van der Waals surface area contributed by atoms with Gasteiger partial charge in [0.2, 0.25) is 0 Å². The monoisotopic (exact) mass is 205 g/mol. The van der Waals surface area contributed by atoms with E-state index in [4.69, 9.17) is 0 Å². The second-order valence-corrected chi connectivity index (χ2v) is 5.84. The standard InChI is InChI=1S/C14H23N/c1-2-4-11(5-3-1)10-15-14-9-12-6-7-13(14)8-12/h1-2,11-15H,3-10H2. The lowest BCUT2D eigenvalue weighted by Gasteiger charge is -2.26. The van der Waals surface area contributed by atoms with E-state index in [9.17, 15) is 0 Å². The summed E-state index contributed by atoms with van der Waals surface area (Å²) in [6.45, 7) is 1.28. The third-order valence-electron chi connectivity index (χ3n) is 4.78. The van der Waals surface area contributed by atoms with Crippen molar-refractivity contribution in [3.63, 3.8) is 0 Å². The van der Waals surface area contributed by atoms with Crippen molar-refractivity contribution in [2.45, 2.75) is 51.0 Å². The van der Waals surface area contributed by atoms with E-state index in [0.29, 0.717) is 0 Å². The second-order valence-electron chi connectivity index (χ2n) is 5.84. The lowest BCUT2D eigenvalue weighted by molar-refractivity contribution is 0.321. The molecular formula is C14H23N. The van der Waals surface area contributed by atoms with Crippen molar-refractivity contribution >= 4 is 0 Å². The summed E-state index contributed by atoms with van der Waals surface area (Å²) in [6.07, 6.45) is 14.8. The molecule has 0 amide bonds. The molecule has 1 N–H and O–H groups in total. The summed E-state index contributed by atoms with van der Waals surface area (Å²) in [4.78, 5) is 0. The van der Waals surface area contributed by atoms with Crippen LogP contribution in [0.3, 0.4) is 0 Å². The zero-order valence-corrected chi connectivity index (χ0v) is 9.62. The van der Waals surface area contributed by atoms with E-state index in [1.165, 1.54) is 51.5 Å². The molecular weight excluding hydrogens is 182 g/mol. The maximum atomic E-state index is 3.85. The summed E-state index contributed by atoms with van der Waals surface area (Å²) in [6, 6.07) is 0.884. The van der Waals surface area contributed by atoms with Crippen molar-refractivity contribution in [1.82, 2.24) is 5.32 Å². The van der Waals surface area contributed by atoms with Gasteiger partial charge in [0.05, 0.1) is 0 Å². The molecule has 84 valence electrons. The topological polar surface area (TPSA) is 12.0 Å². The molecule has 3 aliphatic rings. The highest BCUT2D eigenvalue weighted by molar-refractivity contribution is 4.95. The SMILES string of the molecule is C1=CCC(CNC2CC3CCC2C3)CC1. The number of hydrogen-bond acceptors (Lipinski definition) is 1. The van der Waals surface area contributed by atoms with Crippen LogP contribution in [0, 0.1) is 17.8 Å². The number of hydrogen-bond donors (Lipinski definition) is 1. The van der Waals surface area contributed by atoms with Crippen LogP contribution in [-0.4, -0.2) is 12.6 Å². The molecule has 0 saturated heterocycles. The van der Waals surface area contributed by atoms with Crippen LogP contribution in [-0.2, 0) is 0 Å². The average molecular weight is 205 g/mol. The first-order valence-corrected chi connectivity index (χ1v) is 6.80. The van der Waals surface area contributed by atoms with Crippen molar-refractivity contribution in [3.05, 3.63) is 12.2 Å². The van der Waals surface area contributed by atoms with Crippen LogP contribution in [0.1, 0.15) is 44.9 Å². The first-order chi connectivity index (χ1) is 7.42. The Morgan fingerprint density at radius 2 is 2.07 bits per heavy atom. The van der Waals surface area contributed by atoms with Gasteiger partial charge in [-0.15, -0.1) is 0 Å². The van der Waals surface area contributed by atoms with Crippen LogP contribution in [0.2, 0.25) is 0 Å². The van der Waals surface area contributed by atoms with Crippen LogP contribution < -0.4 is 5.32 Å². The minimum Gasteiger partial charge on any atom is -0.313 e. The molecule has 3 rings (SSSR count). The molecule has 0 heterocycles. The Labute approximate surface area is 93.3 Å². The molecule has 0 spiro atoms. The third-order valence-corrected chi connectivity index (χ3v) is 4.78. The molecule has 2 fully saturated rings. The van der Waals surface area contributed by atoms with Crippen LogP contribution in [0.5, 0.6) is 0 Å². The fourth-order valence-electron chi connectivity index (χ4n) is 3.85. The molecule has 1 heteroatoms.